The third-order valence-corrected chi connectivity index (χ3v) is 5.84. The fourth-order valence-corrected chi connectivity index (χ4v) is 4.30. The number of nitrogens with zero attached hydrogens (tertiary/aromatic N) is 3. The zero-order valence-corrected chi connectivity index (χ0v) is 18.1. The molecule has 0 spiro atoms. The number of para-hydroxylation sites is 1. The molecule has 9 nitrogen and oxygen atoms in total. The van der Waals surface area contributed by atoms with Crippen LogP contribution in [0.3, 0.4) is 0 Å². The molecule has 162 valence electrons. The number of hydrogen-bond acceptors (Lipinski definition) is 7. The molecule has 0 saturated carbocycles. The molecule has 0 atom stereocenters. The number of thiophene rings is 1. The van der Waals surface area contributed by atoms with Crippen molar-refractivity contribution in [1.29, 1.82) is 0 Å². The Bertz CT molecular complexity index is 1350. The highest BCUT2D eigenvalue weighted by atomic mass is 35.5. The smallest absolute Gasteiger partial charge is 0.348 e. The van der Waals surface area contributed by atoms with E-state index in [1.807, 2.05) is 37.3 Å². The molecule has 1 N–H and O–H groups in total. The van der Waals surface area contributed by atoms with Gasteiger partial charge in [0.15, 0.2) is 6.61 Å². The second kappa shape index (κ2) is 8.77. The van der Waals surface area contributed by atoms with Crippen LogP contribution in [-0.2, 0) is 9.53 Å². The van der Waals surface area contributed by atoms with Gasteiger partial charge in [0.1, 0.15) is 15.4 Å². The first kappa shape index (κ1) is 21.5. The van der Waals surface area contributed by atoms with Crippen molar-refractivity contribution in [2.24, 2.45) is 0 Å². The number of fused-ring (bicyclic) bond motifs is 1. The van der Waals surface area contributed by atoms with Crippen LogP contribution >= 0.6 is 22.9 Å². The van der Waals surface area contributed by atoms with Crippen LogP contribution in [0.1, 0.15) is 15.4 Å². The number of hydrogen-bond donors (Lipinski definition) is 1. The van der Waals surface area contributed by atoms with Gasteiger partial charge in [-0.1, -0.05) is 29.8 Å². The van der Waals surface area contributed by atoms with Crippen molar-refractivity contribution in [3.63, 3.8) is 0 Å². The molecule has 0 saturated heterocycles. The molecular weight excluding hydrogens is 456 g/mol. The number of nitro groups is 1. The summed E-state index contributed by atoms with van der Waals surface area (Å²) < 4.78 is 6.85. The van der Waals surface area contributed by atoms with Crippen molar-refractivity contribution >= 4 is 56.4 Å². The Balaban J connectivity index is 1.47. The Morgan fingerprint density at radius 3 is 2.69 bits per heavy atom. The third kappa shape index (κ3) is 4.32. The van der Waals surface area contributed by atoms with Gasteiger partial charge in [0.2, 0.25) is 0 Å². The lowest BCUT2D eigenvalue weighted by molar-refractivity contribution is -0.383. The van der Waals surface area contributed by atoms with Crippen LogP contribution in [0.2, 0.25) is 5.02 Å². The number of amides is 1. The van der Waals surface area contributed by atoms with E-state index < -0.39 is 23.4 Å². The van der Waals surface area contributed by atoms with Crippen LogP contribution in [0.5, 0.6) is 0 Å². The van der Waals surface area contributed by atoms with Crippen molar-refractivity contribution in [2.45, 2.75) is 6.92 Å². The number of esters is 1. The second-order valence-corrected chi connectivity index (χ2v) is 8.17. The van der Waals surface area contributed by atoms with E-state index in [1.165, 1.54) is 29.5 Å². The van der Waals surface area contributed by atoms with E-state index in [0.29, 0.717) is 4.88 Å². The summed E-state index contributed by atoms with van der Waals surface area (Å²) in [5.74, 6) is -1.41. The molecule has 0 aliphatic rings. The number of nitrogens with one attached hydrogen (secondary N) is 1. The van der Waals surface area contributed by atoms with Gasteiger partial charge in [0, 0.05) is 16.5 Å². The maximum atomic E-state index is 12.5. The highest BCUT2D eigenvalue weighted by Crippen LogP contribution is 2.31. The number of nitro benzene ring substituents is 1. The zero-order valence-electron chi connectivity index (χ0n) is 16.6. The van der Waals surface area contributed by atoms with Crippen LogP contribution in [0.25, 0.3) is 15.9 Å². The van der Waals surface area contributed by atoms with E-state index in [2.05, 4.69) is 10.4 Å². The van der Waals surface area contributed by atoms with Gasteiger partial charge in [-0.2, -0.15) is 5.10 Å². The molecule has 4 aromatic rings. The number of halogens is 1. The van der Waals surface area contributed by atoms with Gasteiger partial charge < -0.3 is 10.1 Å². The van der Waals surface area contributed by atoms with E-state index in [-0.39, 0.29) is 16.4 Å². The highest BCUT2D eigenvalue weighted by Gasteiger charge is 2.20. The number of rotatable bonds is 6. The van der Waals surface area contributed by atoms with Gasteiger partial charge in [0.05, 0.1) is 16.3 Å². The number of anilines is 1. The molecule has 2 heterocycles. The summed E-state index contributed by atoms with van der Waals surface area (Å²) in [5.41, 5.74) is 1.21. The van der Waals surface area contributed by atoms with Crippen molar-refractivity contribution in [2.75, 3.05) is 11.9 Å². The molecule has 11 heteroatoms. The van der Waals surface area contributed by atoms with Crippen molar-refractivity contribution < 1.29 is 19.2 Å². The van der Waals surface area contributed by atoms with Crippen LogP contribution in [-0.4, -0.2) is 33.2 Å². The van der Waals surface area contributed by atoms with Crippen molar-refractivity contribution in [3.05, 3.63) is 80.3 Å². The molecule has 2 aromatic carbocycles. The monoisotopic (exact) mass is 470 g/mol. The Morgan fingerprint density at radius 1 is 1.22 bits per heavy atom. The molecule has 0 aliphatic carbocycles. The van der Waals surface area contributed by atoms with Gasteiger partial charge in [-0.05, 0) is 37.3 Å². The zero-order chi connectivity index (χ0) is 22.8. The lowest BCUT2D eigenvalue weighted by Gasteiger charge is -2.07. The SMILES string of the molecule is Cc1nn(-c2ccccc2)c2sc(C(=O)OCC(=O)Nc3cc(Cl)ccc3[N+](=O)[O-])cc12. The molecule has 1 amide bonds. The summed E-state index contributed by atoms with van der Waals surface area (Å²) in [5, 5.41) is 19.0. The van der Waals surface area contributed by atoms with Gasteiger partial charge in [-0.15, -0.1) is 11.3 Å². The molecule has 2 aromatic heterocycles. The number of aryl methyl sites for hydroxylation is 1. The molecule has 0 unspecified atom stereocenters. The normalized spacial score (nSPS) is 10.8. The average Bonchev–Trinajstić information content (AvgIpc) is 3.33. The Labute approximate surface area is 190 Å². The quantitative estimate of drug-likeness (QED) is 0.247. The number of ether oxygens (including phenoxy) is 1. The summed E-state index contributed by atoms with van der Waals surface area (Å²) in [4.78, 5) is 36.2. The van der Waals surface area contributed by atoms with Crippen molar-refractivity contribution in [1.82, 2.24) is 9.78 Å². The summed E-state index contributed by atoms with van der Waals surface area (Å²) in [6.45, 7) is 1.23. The standard InChI is InChI=1S/C21H15ClN4O5S/c1-12-15-10-18(32-20(15)25(24-12)14-5-3-2-4-6-14)21(28)31-11-19(27)23-16-9-13(22)7-8-17(16)26(29)30/h2-10H,11H2,1H3,(H,23,27). The first-order valence-electron chi connectivity index (χ1n) is 9.29. The molecule has 32 heavy (non-hydrogen) atoms. The first-order chi connectivity index (χ1) is 15.3. The topological polar surface area (TPSA) is 116 Å². The Hall–Kier alpha value is -3.76. The fourth-order valence-electron chi connectivity index (χ4n) is 3.05. The fraction of sp³-hybridized carbons (Fsp3) is 0.0952. The van der Waals surface area contributed by atoms with E-state index in [1.54, 1.807) is 10.7 Å². The minimum absolute atomic E-state index is 0.0796. The molecule has 0 fully saturated rings. The number of aromatic nitrogens is 2. The molecule has 0 radical (unpaired) electrons. The maximum absolute atomic E-state index is 12.5. The van der Waals surface area contributed by atoms with E-state index >= 15 is 0 Å². The molecule has 0 aliphatic heterocycles. The predicted octanol–water partition coefficient (Wildman–Crippen LogP) is 4.75. The molecule has 0 bridgehead atoms. The maximum Gasteiger partial charge on any atom is 0.348 e. The number of carbonyl (C=O) groups is 2. The molecular formula is C21H15ClN4O5S. The first-order valence-corrected chi connectivity index (χ1v) is 10.5. The summed E-state index contributed by atoms with van der Waals surface area (Å²) in [7, 11) is 0. The minimum atomic E-state index is -0.725. The van der Waals surface area contributed by atoms with Crippen molar-refractivity contribution in [3.8, 4) is 5.69 Å². The van der Waals surface area contributed by atoms with Gasteiger partial charge >= 0.3 is 5.97 Å². The van der Waals surface area contributed by atoms with Gasteiger partial charge in [-0.25, -0.2) is 9.48 Å². The van der Waals surface area contributed by atoms with Crippen LogP contribution in [0, 0.1) is 17.0 Å². The Kier molecular flexibility index (Phi) is 5.89. The van der Waals surface area contributed by atoms with E-state index in [9.17, 15) is 19.7 Å². The van der Waals surface area contributed by atoms with Gasteiger partial charge in [-0.3, -0.25) is 14.9 Å². The second-order valence-electron chi connectivity index (χ2n) is 6.71. The predicted molar refractivity (Wildman–Crippen MR) is 121 cm³/mol. The average molecular weight is 471 g/mol. The minimum Gasteiger partial charge on any atom is -0.451 e. The van der Waals surface area contributed by atoms with Gasteiger partial charge in [0.25, 0.3) is 11.6 Å². The Morgan fingerprint density at radius 2 is 1.97 bits per heavy atom. The van der Waals surface area contributed by atoms with Crippen LogP contribution in [0.4, 0.5) is 11.4 Å². The van der Waals surface area contributed by atoms with E-state index in [4.69, 9.17) is 16.3 Å². The van der Waals surface area contributed by atoms with E-state index in [0.717, 1.165) is 21.6 Å². The summed E-state index contributed by atoms with van der Waals surface area (Å²) in [6, 6.07) is 14.9. The lowest BCUT2D eigenvalue weighted by atomic mass is 10.2. The van der Waals surface area contributed by atoms with Crippen LogP contribution < -0.4 is 5.32 Å². The van der Waals surface area contributed by atoms with Crippen LogP contribution in [0.15, 0.2) is 54.6 Å². The summed E-state index contributed by atoms with van der Waals surface area (Å²) >= 11 is 7.04. The number of benzene rings is 2. The lowest BCUT2D eigenvalue weighted by Crippen LogP contribution is -2.21. The largest absolute Gasteiger partial charge is 0.451 e. The third-order valence-electron chi connectivity index (χ3n) is 4.51. The number of carbonyl (C=O) groups excluding carboxylic acids is 2. The summed E-state index contributed by atoms with van der Waals surface area (Å²) in [6.07, 6.45) is 0. The molecule has 4 rings (SSSR count). The highest BCUT2D eigenvalue weighted by molar-refractivity contribution is 7.20.